The maximum atomic E-state index is 13.5. The van der Waals surface area contributed by atoms with E-state index in [-0.39, 0.29) is 18.2 Å². The molecule has 0 heterocycles. The van der Waals surface area contributed by atoms with Crippen molar-refractivity contribution < 1.29 is 9.59 Å². The van der Waals surface area contributed by atoms with E-state index in [4.69, 9.17) is 0 Å². The fraction of sp³-hybridized carbons (Fsp3) is 0.231. The first-order chi connectivity index (χ1) is 15.0. The number of carbonyl (C=O) groups excluding carboxylic acids is 2. The summed E-state index contributed by atoms with van der Waals surface area (Å²) in [6.45, 7) is 2.36. The van der Waals surface area contributed by atoms with Crippen molar-refractivity contribution in [1.82, 2.24) is 10.2 Å². The van der Waals surface area contributed by atoms with Gasteiger partial charge in [-0.3, -0.25) is 9.59 Å². The summed E-state index contributed by atoms with van der Waals surface area (Å²) in [6.07, 6.45) is 0.705. The monoisotopic (exact) mass is 478 g/mol. The summed E-state index contributed by atoms with van der Waals surface area (Å²) in [7, 11) is 1.61. The van der Waals surface area contributed by atoms with Gasteiger partial charge in [0, 0.05) is 24.5 Å². The predicted molar refractivity (Wildman–Crippen MR) is 128 cm³/mol. The molecule has 2 amide bonds. The minimum absolute atomic E-state index is 0.0705. The summed E-state index contributed by atoms with van der Waals surface area (Å²) >= 11 is 3.50. The van der Waals surface area contributed by atoms with Gasteiger partial charge in [-0.05, 0) is 41.3 Å². The van der Waals surface area contributed by atoms with Crippen LogP contribution < -0.4 is 5.32 Å². The molecule has 4 nitrogen and oxygen atoms in total. The van der Waals surface area contributed by atoms with E-state index in [0.717, 1.165) is 26.7 Å². The Morgan fingerprint density at radius 3 is 2.29 bits per heavy atom. The summed E-state index contributed by atoms with van der Waals surface area (Å²) in [4.78, 5) is 28.2. The number of aryl methyl sites for hydroxylation is 1. The van der Waals surface area contributed by atoms with Crippen molar-refractivity contribution in [2.24, 2.45) is 0 Å². The number of hydrogen-bond donors (Lipinski definition) is 1. The van der Waals surface area contributed by atoms with Gasteiger partial charge in [-0.2, -0.15) is 0 Å². The standard InChI is InChI=1S/C26H27BrN2O2/c1-19-9-6-7-13-22(19)17-25(30)29(18-21-12-8-14-23(27)15-21)24(26(31)28-2)16-20-10-4-3-5-11-20/h3-15,24H,16-18H2,1-2H3,(H,28,31)/t24-/m0/s1. The van der Waals surface area contributed by atoms with Crippen LogP contribution in [0, 0.1) is 6.92 Å². The molecule has 0 unspecified atom stereocenters. The molecule has 0 aromatic heterocycles. The van der Waals surface area contributed by atoms with Crippen molar-refractivity contribution in [3.05, 3.63) is 106 Å². The molecule has 1 N–H and O–H groups in total. The highest BCUT2D eigenvalue weighted by atomic mass is 79.9. The van der Waals surface area contributed by atoms with Crippen LogP contribution in [0.2, 0.25) is 0 Å². The van der Waals surface area contributed by atoms with Crippen LogP contribution in [0.15, 0.2) is 83.3 Å². The molecule has 0 bridgehead atoms. The first-order valence-corrected chi connectivity index (χ1v) is 11.1. The van der Waals surface area contributed by atoms with Gasteiger partial charge in [0.15, 0.2) is 0 Å². The molecule has 0 aliphatic carbocycles. The molecule has 0 radical (unpaired) electrons. The number of benzene rings is 3. The van der Waals surface area contributed by atoms with E-state index in [2.05, 4.69) is 21.2 Å². The third-order valence-corrected chi connectivity index (χ3v) is 5.86. The summed E-state index contributed by atoms with van der Waals surface area (Å²) < 4.78 is 0.941. The minimum Gasteiger partial charge on any atom is -0.357 e. The van der Waals surface area contributed by atoms with Gasteiger partial charge in [0.05, 0.1) is 6.42 Å². The number of amides is 2. The second-order valence-corrected chi connectivity index (χ2v) is 8.49. The van der Waals surface area contributed by atoms with E-state index in [0.29, 0.717) is 13.0 Å². The number of halogens is 1. The molecular weight excluding hydrogens is 452 g/mol. The van der Waals surface area contributed by atoms with Gasteiger partial charge in [-0.25, -0.2) is 0 Å². The average Bonchev–Trinajstić information content (AvgIpc) is 2.78. The van der Waals surface area contributed by atoms with E-state index in [1.807, 2.05) is 85.8 Å². The van der Waals surface area contributed by atoms with Gasteiger partial charge in [0.25, 0.3) is 0 Å². The topological polar surface area (TPSA) is 49.4 Å². The first kappa shape index (κ1) is 22.8. The Labute approximate surface area is 192 Å². The van der Waals surface area contributed by atoms with E-state index in [1.165, 1.54) is 0 Å². The smallest absolute Gasteiger partial charge is 0.242 e. The van der Waals surface area contributed by atoms with Gasteiger partial charge in [0.2, 0.25) is 11.8 Å². The molecule has 3 aromatic carbocycles. The van der Waals surface area contributed by atoms with Crippen molar-refractivity contribution in [1.29, 1.82) is 0 Å². The van der Waals surface area contributed by atoms with Gasteiger partial charge in [-0.1, -0.05) is 82.7 Å². The molecule has 0 spiro atoms. The molecule has 0 fully saturated rings. The SMILES string of the molecule is CNC(=O)[C@H](Cc1ccccc1)N(Cc1cccc(Br)c1)C(=O)Cc1ccccc1C. The van der Waals surface area contributed by atoms with Crippen molar-refractivity contribution in [3.8, 4) is 0 Å². The number of nitrogens with one attached hydrogen (secondary N) is 1. The highest BCUT2D eigenvalue weighted by Gasteiger charge is 2.30. The average molecular weight is 479 g/mol. The van der Waals surface area contributed by atoms with Gasteiger partial charge in [0.1, 0.15) is 6.04 Å². The van der Waals surface area contributed by atoms with Gasteiger partial charge >= 0.3 is 0 Å². The second-order valence-electron chi connectivity index (χ2n) is 7.57. The largest absolute Gasteiger partial charge is 0.357 e. The molecule has 0 aliphatic rings. The third-order valence-electron chi connectivity index (χ3n) is 5.36. The van der Waals surface area contributed by atoms with E-state index < -0.39 is 6.04 Å². The highest BCUT2D eigenvalue weighted by Crippen LogP contribution is 2.19. The molecule has 1 atom stereocenters. The highest BCUT2D eigenvalue weighted by molar-refractivity contribution is 9.10. The Morgan fingerprint density at radius 1 is 0.935 bits per heavy atom. The van der Waals surface area contributed by atoms with Crippen LogP contribution in [0.5, 0.6) is 0 Å². The van der Waals surface area contributed by atoms with Gasteiger partial charge in [-0.15, -0.1) is 0 Å². The van der Waals surface area contributed by atoms with Gasteiger partial charge < -0.3 is 10.2 Å². The van der Waals surface area contributed by atoms with E-state index in [9.17, 15) is 9.59 Å². The molecule has 3 aromatic rings. The summed E-state index contributed by atoms with van der Waals surface area (Å²) in [5.74, 6) is -0.240. The van der Waals surface area contributed by atoms with Crippen LogP contribution in [0.1, 0.15) is 22.3 Å². The van der Waals surface area contributed by atoms with Crippen LogP contribution >= 0.6 is 15.9 Å². The molecular formula is C26H27BrN2O2. The Balaban J connectivity index is 1.95. The number of hydrogen-bond acceptors (Lipinski definition) is 2. The Bertz CT molecular complexity index is 1040. The Hall–Kier alpha value is -2.92. The fourth-order valence-corrected chi connectivity index (χ4v) is 4.07. The molecule has 3 rings (SSSR count). The van der Waals surface area contributed by atoms with Crippen molar-refractivity contribution in [2.45, 2.75) is 32.4 Å². The zero-order chi connectivity index (χ0) is 22.2. The number of nitrogens with zero attached hydrogens (tertiary/aromatic N) is 1. The van der Waals surface area contributed by atoms with Crippen molar-refractivity contribution >= 4 is 27.7 Å². The number of rotatable bonds is 8. The number of likely N-dealkylation sites (N-methyl/N-ethyl adjacent to an activating group) is 1. The zero-order valence-corrected chi connectivity index (χ0v) is 19.4. The lowest BCUT2D eigenvalue weighted by molar-refractivity contribution is -0.140. The summed E-state index contributed by atoms with van der Waals surface area (Å²) in [6, 6.07) is 24.9. The quantitative estimate of drug-likeness (QED) is 0.510. The number of carbonyl (C=O) groups is 2. The van der Waals surface area contributed by atoms with Crippen molar-refractivity contribution in [2.75, 3.05) is 7.05 Å². The van der Waals surface area contributed by atoms with Crippen LogP contribution in [0.3, 0.4) is 0 Å². The lowest BCUT2D eigenvalue weighted by Crippen LogP contribution is -2.50. The maximum absolute atomic E-state index is 13.5. The molecule has 0 saturated heterocycles. The molecule has 0 saturated carbocycles. The zero-order valence-electron chi connectivity index (χ0n) is 17.8. The normalized spacial score (nSPS) is 11.6. The molecule has 0 aliphatic heterocycles. The van der Waals surface area contributed by atoms with Crippen LogP contribution in [0.4, 0.5) is 0 Å². The first-order valence-electron chi connectivity index (χ1n) is 10.3. The summed E-state index contributed by atoms with van der Waals surface area (Å²) in [5, 5.41) is 2.75. The Morgan fingerprint density at radius 2 is 1.61 bits per heavy atom. The molecule has 31 heavy (non-hydrogen) atoms. The molecule has 5 heteroatoms. The third kappa shape index (κ3) is 6.28. The van der Waals surface area contributed by atoms with Crippen LogP contribution in [0.25, 0.3) is 0 Å². The minimum atomic E-state index is -0.608. The van der Waals surface area contributed by atoms with E-state index in [1.54, 1.807) is 11.9 Å². The lowest BCUT2D eigenvalue weighted by atomic mass is 10.0. The van der Waals surface area contributed by atoms with Crippen molar-refractivity contribution in [3.63, 3.8) is 0 Å². The summed E-state index contributed by atoms with van der Waals surface area (Å²) in [5.41, 5.74) is 4.02. The predicted octanol–water partition coefficient (Wildman–Crippen LogP) is 4.69. The van der Waals surface area contributed by atoms with Crippen LogP contribution in [-0.2, 0) is 29.0 Å². The van der Waals surface area contributed by atoms with E-state index >= 15 is 0 Å². The van der Waals surface area contributed by atoms with Crippen LogP contribution in [-0.4, -0.2) is 29.8 Å². The lowest BCUT2D eigenvalue weighted by Gasteiger charge is -2.31. The fourth-order valence-electron chi connectivity index (χ4n) is 3.63. The molecule has 160 valence electrons. The second kappa shape index (κ2) is 10.9. The Kier molecular flexibility index (Phi) is 8.01. The maximum Gasteiger partial charge on any atom is 0.242 e.